The van der Waals surface area contributed by atoms with Gasteiger partial charge >= 0.3 is 6.09 Å². The minimum absolute atomic E-state index is 0.129. The van der Waals surface area contributed by atoms with Crippen LogP contribution in [0.1, 0.15) is 43.7 Å². The zero-order valence-corrected chi connectivity index (χ0v) is 21.3. The Kier molecular flexibility index (Phi) is 6.05. The first-order valence-electron chi connectivity index (χ1n) is 11.6. The summed E-state index contributed by atoms with van der Waals surface area (Å²) in [4.78, 5) is 23.3. The van der Waals surface area contributed by atoms with Crippen molar-refractivity contribution in [2.45, 2.75) is 38.7 Å². The van der Waals surface area contributed by atoms with Gasteiger partial charge in [0.1, 0.15) is 28.1 Å². The third-order valence-corrected chi connectivity index (χ3v) is 7.04. The summed E-state index contributed by atoms with van der Waals surface area (Å²) in [5.41, 5.74) is 2.44. The van der Waals surface area contributed by atoms with E-state index in [1.165, 1.54) is 11.3 Å². The Labute approximate surface area is 212 Å². The highest BCUT2D eigenvalue weighted by atomic mass is 32.1. The molecular weight excluding hydrogens is 476 g/mol. The zero-order valence-electron chi connectivity index (χ0n) is 20.5. The molecule has 1 amide bonds. The lowest BCUT2D eigenvalue weighted by Gasteiger charge is -2.24. The van der Waals surface area contributed by atoms with E-state index in [1.807, 2.05) is 56.8 Å². The number of nitrogens with one attached hydrogen (secondary N) is 1. The van der Waals surface area contributed by atoms with Crippen LogP contribution in [0, 0.1) is 11.3 Å². The van der Waals surface area contributed by atoms with E-state index in [9.17, 15) is 4.79 Å². The molecular formula is C25H26N8O2S. The van der Waals surface area contributed by atoms with Crippen LogP contribution in [0.25, 0.3) is 27.4 Å². The number of pyridine rings is 2. The van der Waals surface area contributed by atoms with Gasteiger partial charge < -0.3 is 15.0 Å². The summed E-state index contributed by atoms with van der Waals surface area (Å²) >= 11 is 1.52. The number of aromatic nitrogens is 5. The average Bonchev–Trinajstić information content (AvgIpc) is 3.61. The van der Waals surface area contributed by atoms with Crippen molar-refractivity contribution in [3.05, 3.63) is 47.4 Å². The maximum atomic E-state index is 12.4. The number of amides is 1. The molecule has 1 fully saturated rings. The quantitative estimate of drug-likeness (QED) is 0.430. The van der Waals surface area contributed by atoms with Crippen LogP contribution in [-0.2, 0) is 4.74 Å². The van der Waals surface area contributed by atoms with Gasteiger partial charge in [-0.3, -0.25) is 4.57 Å². The molecule has 1 aliphatic rings. The molecule has 1 saturated heterocycles. The Hall–Kier alpha value is -4.04. The van der Waals surface area contributed by atoms with Gasteiger partial charge in [-0.25, -0.2) is 14.8 Å². The number of hydrogen-bond donors (Lipinski definition) is 1. The van der Waals surface area contributed by atoms with Crippen LogP contribution in [-0.4, -0.2) is 61.5 Å². The van der Waals surface area contributed by atoms with E-state index in [1.54, 1.807) is 17.3 Å². The summed E-state index contributed by atoms with van der Waals surface area (Å²) in [6.07, 6.45) is 5.76. The van der Waals surface area contributed by atoms with Crippen LogP contribution in [0.4, 0.5) is 10.5 Å². The summed E-state index contributed by atoms with van der Waals surface area (Å²) in [7, 11) is 1.85. The van der Waals surface area contributed by atoms with E-state index in [0.717, 1.165) is 38.7 Å². The van der Waals surface area contributed by atoms with Crippen LogP contribution in [0.2, 0.25) is 0 Å². The highest BCUT2D eigenvalue weighted by Gasteiger charge is 2.32. The lowest BCUT2D eigenvalue weighted by molar-refractivity contribution is 0.0292. The Balaban J connectivity index is 1.37. The summed E-state index contributed by atoms with van der Waals surface area (Å²) in [6.45, 7) is 6.82. The van der Waals surface area contributed by atoms with E-state index in [4.69, 9.17) is 10.00 Å². The lowest BCUT2D eigenvalue weighted by atomic mass is 10.1. The van der Waals surface area contributed by atoms with Gasteiger partial charge in [-0.05, 0) is 39.3 Å². The van der Waals surface area contributed by atoms with E-state index >= 15 is 0 Å². The van der Waals surface area contributed by atoms with Gasteiger partial charge in [-0.1, -0.05) is 11.3 Å². The normalized spacial score (nSPS) is 15.8. The fourth-order valence-electron chi connectivity index (χ4n) is 4.19. The predicted molar refractivity (Wildman–Crippen MR) is 137 cm³/mol. The second-order valence-corrected chi connectivity index (χ2v) is 10.6. The highest BCUT2D eigenvalue weighted by molar-refractivity contribution is 7.14. The number of fused-ring (bicyclic) bond motifs is 1. The molecule has 0 radical (unpaired) electrons. The van der Waals surface area contributed by atoms with Crippen LogP contribution in [0.5, 0.6) is 0 Å². The van der Waals surface area contributed by atoms with Crippen molar-refractivity contribution in [1.82, 2.24) is 29.6 Å². The average molecular weight is 503 g/mol. The molecule has 184 valence electrons. The van der Waals surface area contributed by atoms with Gasteiger partial charge in [0.25, 0.3) is 0 Å². The summed E-state index contributed by atoms with van der Waals surface area (Å²) in [5.74, 6) is 0.827. The number of anilines is 1. The molecule has 0 saturated carbocycles. The van der Waals surface area contributed by atoms with E-state index in [2.05, 4.69) is 31.6 Å². The van der Waals surface area contributed by atoms with E-state index in [-0.39, 0.29) is 12.0 Å². The molecule has 36 heavy (non-hydrogen) atoms. The Morgan fingerprint density at radius 1 is 1.25 bits per heavy atom. The number of likely N-dealkylation sites (tertiary alicyclic amines) is 1. The molecule has 1 atom stereocenters. The topological polar surface area (TPSA) is 122 Å². The third-order valence-electron chi connectivity index (χ3n) is 5.92. The number of carbonyl (C=O) groups is 1. The van der Waals surface area contributed by atoms with E-state index < -0.39 is 5.60 Å². The number of hydrogen-bond acceptors (Lipinski definition) is 9. The number of rotatable bonds is 4. The molecule has 1 unspecified atom stereocenters. The summed E-state index contributed by atoms with van der Waals surface area (Å²) < 4.78 is 7.39. The number of carbonyl (C=O) groups excluding carboxylic acids is 1. The Morgan fingerprint density at radius 3 is 2.83 bits per heavy atom. The molecule has 0 aliphatic carbocycles. The second kappa shape index (κ2) is 9.20. The number of ether oxygens (including phenoxy) is 1. The lowest BCUT2D eigenvalue weighted by Crippen LogP contribution is -2.35. The standard InChI is InChI=1S/C25H26N8O2S/c1-25(2,3)35-24(34)32-7-5-17(14-32)22-30-31-23(36-22)18-13-28-20(10-19(18)27-4)33-8-6-16-9-15(11-26)12-29-21(16)33/h6,8-10,12-13,17H,5,7,14H2,1-4H3,(H,27,28). The van der Waals surface area contributed by atoms with Crippen molar-refractivity contribution < 1.29 is 9.53 Å². The minimum atomic E-state index is -0.517. The van der Waals surface area contributed by atoms with Crippen molar-refractivity contribution >= 4 is 34.2 Å². The Bertz CT molecular complexity index is 1480. The van der Waals surface area contributed by atoms with Gasteiger partial charge in [0.05, 0.1) is 11.1 Å². The third kappa shape index (κ3) is 4.59. The van der Waals surface area contributed by atoms with Gasteiger partial charge in [-0.2, -0.15) is 5.26 Å². The largest absolute Gasteiger partial charge is 0.444 e. The SMILES string of the molecule is CNc1cc(-n2ccc3cc(C#N)cnc32)ncc1-c1nnc(C2CCN(C(=O)OC(C)(C)C)C2)s1. The molecule has 0 aromatic carbocycles. The van der Waals surface area contributed by atoms with Gasteiger partial charge in [0, 0.05) is 61.8 Å². The maximum absolute atomic E-state index is 12.4. The predicted octanol–water partition coefficient (Wildman–Crippen LogP) is 4.58. The highest BCUT2D eigenvalue weighted by Crippen LogP contribution is 2.36. The van der Waals surface area contributed by atoms with Crippen LogP contribution in [0.3, 0.4) is 0 Å². The van der Waals surface area contributed by atoms with Crippen molar-refractivity contribution in [3.63, 3.8) is 0 Å². The molecule has 1 aliphatic heterocycles. The molecule has 5 heterocycles. The smallest absolute Gasteiger partial charge is 0.410 e. The summed E-state index contributed by atoms with van der Waals surface area (Å²) in [6, 6.07) is 7.78. The molecule has 11 heteroatoms. The Morgan fingerprint density at radius 2 is 2.08 bits per heavy atom. The first kappa shape index (κ1) is 23.7. The fourth-order valence-corrected chi connectivity index (χ4v) is 5.18. The fraction of sp³-hybridized carbons (Fsp3) is 0.360. The molecule has 0 spiro atoms. The number of nitriles is 1. The molecule has 0 bridgehead atoms. The van der Waals surface area contributed by atoms with Crippen molar-refractivity contribution in [2.75, 3.05) is 25.5 Å². The van der Waals surface area contributed by atoms with Gasteiger partial charge in [0.2, 0.25) is 0 Å². The van der Waals surface area contributed by atoms with Gasteiger partial charge in [-0.15, -0.1) is 10.2 Å². The minimum Gasteiger partial charge on any atom is -0.444 e. The van der Waals surface area contributed by atoms with E-state index in [0.29, 0.717) is 24.5 Å². The van der Waals surface area contributed by atoms with Gasteiger partial charge in [0.15, 0.2) is 5.01 Å². The molecule has 1 N–H and O–H groups in total. The van der Waals surface area contributed by atoms with Crippen LogP contribution in [0.15, 0.2) is 36.8 Å². The second-order valence-electron chi connectivity index (χ2n) is 9.63. The molecule has 4 aromatic heterocycles. The molecule has 5 rings (SSSR count). The van der Waals surface area contributed by atoms with Crippen molar-refractivity contribution in [2.24, 2.45) is 0 Å². The first-order chi connectivity index (χ1) is 17.3. The van der Waals surface area contributed by atoms with Crippen LogP contribution < -0.4 is 5.32 Å². The summed E-state index contributed by atoms with van der Waals surface area (Å²) in [5, 5.41) is 23.8. The van der Waals surface area contributed by atoms with Crippen molar-refractivity contribution in [1.29, 1.82) is 5.26 Å². The monoisotopic (exact) mass is 502 g/mol. The van der Waals surface area contributed by atoms with Crippen molar-refractivity contribution in [3.8, 4) is 22.5 Å². The number of nitrogens with zero attached hydrogens (tertiary/aromatic N) is 7. The molecule has 4 aromatic rings. The zero-order chi connectivity index (χ0) is 25.4. The van der Waals surface area contributed by atoms with Crippen LogP contribution >= 0.6 is 11.3 Å². The molecule has 10 nitrogen and oxygen atoms in total. The maximum Gasteiger partial charge on any atom is 0.410 e. The first-order valence-corrected chi connectivity index (χ1v) is 12.4.